The number of thiocarbonyl (C=S) groups is 1. The summed E-state index contributed by atoms with van der Waals surface area (Å²) in [6.07, 6.45) is 2.81. The fraction of sp³-hybridized carbons (Fsp3) is 0. The molecule has 92 valence electrons. The lowest BCUT2D eigenvalue weighted by atomic mass is 10.3. The summed E-state index contributed by atoms with van der Waals surface area (Å²) in [5.41, 5.74) is 5.99. The van der Waals surface area contributed by atoms with Gasteiger partial charge in [-0.05, 0) is 18.2 Å². The molecule has 2 N–H and O–H groups in total. The van der Waals surface area contributed by atoms with E-state index in [1.165, 1.54) is 12.5 Å². The third-order valence-corrected chi connectivity index (χ3v) is 2.79. The van der Waals surface area contributed by atoms with Crippen LogP contribution in [0.2, 0.25) is 10.0 Å². The fourth-order valence-corrected chi connectivity index (χ4v) is 1.82. The second kappa shape index (κ2) is 5.48. The highest BCUT2D eigenvalue weighted by Gasteiger charge is 2.11. The molecule has 2 rings (SSSR count). The van der Waals surface area contributed by atoms with Gasteiger partial charge in [0.25, 0.3) is 0 Å². The van der Waals surface area contributed by atoms with Crippen molar-refractivity contribution in [3.63, 3.8) is 0 Å². The molecule has 0 spiro atoms. The third-order valence-electron chi connectivity index (χ3n) is 2.04. The first kappa shape index (κ1) is 13.0. The smallest absolute Gasteiger partial charge is 0.232 e. The van der Waals surface area contributed by atoms with Gasteiger partial charge >= 0.3 is 0 Å². The Morgan fingerprint density at radius 1 is 1.33 bits per heavy atom. The maximum atomic E-state index is 5.99. The predicted octanol–water partition coefficient (Wildman–Crippen LogP) is 3.21. The number of rotatable bonds is 3. The van der Waals surface area contributed by atoms with E-state index in [1.807, 2.05) is 0 Å². The molecular formula is C11H7Cl2N3OS. The van der Waals surface area contributed by atoms with E-state index in [2.05, 4.69) is 9.97 Å². The first-order valence-corrected chi connectivity index (χ1v) is 5.97. The van der Waals surface area contributed by atoms with Gasteiger partial charge in [-0.2, -0.15) is 0 Å². The molecule has 0 fully saturated rings. The topological polar surface area (TPSA) is 61.0 Å². The van der Waals surface area contributed by atoms with Crippen molar-refractivity contribution in [3.8, 4) is 11.6 Å². The van der Waals surface area contributed by atoms with Crippen molar-refractivity contribution in [2.24, 2.45) is 5.73 Å². The Balaban J connectivity index is 2.37. The Bertz CT molecular complexity index is 607. The number of nitrogens with two attached hydrogens (primary N) is 1. The van der Waals surface area contributed by atoms with Gasteiger partial charge in [0, 0.05) is 11.2 Å². The van der Waals surface area contributed by atoms with Gasteiger partial charge in [0.2, 0.25) is 5.88 Å². The summed E-state index contributed by atoms with van der Waals surface area (Å²) in [5, 5.41) is 0.889. The minimum Gasteiger partial charge on any atom is -0.437 e. The SMILES string of the molecule is NC(=S)c1cncnc1Oc1ccc(Cl)cc1Cl. The van der Waals surface area contributed by atoms with Gasteiger partial charge in [0.1, 0.15) is 17.1 Å². The van der Waals surface area contributed by atoms with Crippen molar-refractivity contribution in [1.82, 2.24) is 9.97 Å². The van der Waals surface area contributed by atoms with Gasteiger partial charge in [-0.3, -0.25) is 0 Å². The van der Waals surface area contributed by atoms with Gasteiger partial charge in [0.05, 0.1) is 10.6 Å². The average Bonchev–Trinajstić information content (AvgIpc) is 2.33. The highest BCUT2D eigenvalue weighted by atomic mass is 35.5. The summed E-state index contributed by atoms with van der Waals surface area (Å²) < 4.78 is 5.55. The lowest BCUT2D eigenvalue weighted by Gasteiger charge is -2.09. The van der Waals surface area contributed by atoms with Crippen molar-refractivity contribution in [2.75, 3.05) is 0 Å². The number of benzene rings is 1. The highest BCUT2D eigenvalue weighted by Crippen LogP contribution is 2.31. The van der Waals surface area contributed by atoms with E-state index < -0.39 is 0 Å². The van der Waals surface area contributed by atoms with Crippen LogP contribution < -0.4 is 10.5 Å². The maximum absolute atomic E-state index is 5.99. The Kier molecular flexibility index (Phi) is 3.96. The predicted molar refractivity (Wildman–Crippen MR) is 74.5 cm³/mol. The maximum Gasteiger partial charge on any atom is 0.232 e. The standard InChI is InChI=1S/C11H7Cl2N3OS/c12-6-1-2-9(8(13)3-6)17-11-7(10(14)18)4-15-5-16-11/h1-5H,(H2,14,18). The minimum atomic E-state index is 0.149. The third kappa shape index (κ3) is 2.87. The molecule has 0 saturated carbocycles. The molecule has 0 atom stereocenters. The van der Waals surface area contributed by atoms with Gasteiger partial charge in [-0.25, -0.2) is 9.97 Å². The van der Waals surface area contributed by atoms with Crippen LogP contribution in [0.3, 0.4) is 0 Å². The van der Waals surface area contributed by atoms with Crippen LogP contribution in [0, 0.1) is 0 Å². The molecule has 1 aromatic heterocycles. The molecule has 0 aliphatic heterocycles. The molecule has 0 unspecified atom stereocenters. The summed E-state index contributed by atoms with van der Waals surface area (Å²) in [4.78, 5) is 7.95. The van der Waals surface area contributed by atoms with E-state index in [-0.39, 0.29) is 10.9 Å². The zero-order valence-corrected chi connectivity index (χ0v) is 11.3. The quantitative estimate of drug-likeness (QED) is 0.882. The van der Waals surface area contributed by atoms with Crippen molar-refractivity contribution < 1.29 is 4.74 Å². The van der Waals surface area contributed by atoms with Crippen LogP contribution in [0.4, 0.5) is 0 Å². The first-order valence-electron chi connectivity index (χ1n) is 4.80. The van der Waals surface area contributed by atoms with Crippen molar-refractivity contribution in [3.05, 3.63) is 46.3 Å². The average molecular weight is 300 g/mol. The molecule has 0 saturated heterocycles. The number of aromatic nitrogens is 2. The Morgan fingerprint density at radius 2 is 2.11 bits per heavy atom. The molecule has 0 radical (unpaired) electrons. The summed E-state index contributed by atoms with van der Waals surface area (Å²) in [6.45, 7) is 0. The lowest BCUT2D eigenvalue weighted by Crippen LogP contribution is -2.12. The molecule has 0 aliphatic carbocycles. The minimum absolute atomic E-state index is 0.149. The van der Waals surface area contributed by atoms with Crippen molar-refractivity contribution in [2.45, 2.75) is 0 Å². The zero-order chi connectivity index (χ0) is 13.1. The van der Waals surface area contributed by atoms with Crippen LogP contribution in [-0.4, -0.2) is 15.0 Å². The fourth-order valence-electron chi connectivity index (χ4n) is 1.23. The van der Waals surface area contributed by atoms with Gasteiger partial charge in [-0.15, -0.1) is 0 Å². The summed E-state index contributed by atoms with van der Waals surface area (Å²) in [5.74, 6) is 0.666. The molecule has 0 bridgehead atoms. The number of ether oxygens (including phenoxy) is 1. The van der Waals surface area contributed by atoms with Crippen molar-refractivity contribution in [1.29, 1.82) is 0 Å². The van der Waals surface area contributed by atoms with Gasteiger partial charge in [0.15, 0.2) is 0 Å². The molecule has 2 aromatic rings. The van der Waals surface area contributed by atoms with E-state index in [4.69, 9.17) is 45.9 Å². The summed E-state index contributed by atoms with van der Waals surface area (Å²) in [7, 11) is 0. The molecule has 0 amide bonds. The number of halogens is 2. The monoisotopic (exact) mass is 299 g/mol. The molecule has 1 heterocycles. The van der Waals surface area contributed by atoms with Gasteiger partial charge < -0.3 is 10.5 Å². The van der Waals surface area contributed by atoms with Gasteiger partial charge in [-0.1, -0.05) is 35.4 Å². The zero-order valence-electron chi connectivity index (χ0n) is 8.93. The Labute approximate surface area is 119 Å². The van der Waals surface area contributed by atoms with Crippen LogP contribution in [-0.2, 0) is 0 Å². The first-order chi connectivity index (χ1) is 8.58. The van der Waals surface area contributed by atoms with Crippen LogP contribution in [0.5, 0.6) is 11.6 Å². The largest absolute Gasteiger partial charge is 0.437 e. The van der Waals surface area contributed by atoms with Crippen molar-refractivity contribution >= 4 is 40.4 Å². The summed E-state index contributed by atoms with van der Waals surface area (Å²) >= 11 is 16.7. The molecule has 18 heavy (non-hydrogen) atoms. The number of nitrogens with zero attached hydrogens (tertiary/aromatic N) is 2. The van der Waals surface area contributed by atoms with Crippen LogP contribution in [0.15, 0.2) is 30.7 Å². The normalized spacial score (nSPS) is 10.1. The number of hydrogen-bond donors (Lipinski definition) is 1. The van der Waals surface area contributed by atoms with E-state index in [1.54, 1.807) is 18.2 Å². The van der Waals surface area contributed by atoms with Crippen LogP contribution in [0.25, 0.3) is 0 Å². The molecular weight excluding hydrogens is 293 g/mol. The van der Waals surface area contributed by atoms with E-state index in [9.17, 15) is 0 Å². The van der Waals surface area contributed by atoms with E-state index >= 15 is 0 Å². The molecule has 7 heteroatoms. The lowest BCUT2D eigenvalue weighted by molar-refractivity contribution is 0.460. The summed E-state index contributed by atoms with van der Waals surface area (Å²) in [6, 6.07) is 4.86. The number of hydrogen-bond acceptors (Lipinski definition) is 4. The molecule has 4 nitrogen and oxygen atoms in total. The second-order valence-corrected chi connectivity index (χ2v) is 4.57. The second-order valence-electron chi connectivity index (χ2n) is 3.28. The van der Waals surface area contributed by atoms with E-state index in [0.717, 1.165) is 0 Å². The molecule has 0 aliphatic rings. The van der Waals surface area contributed by atoms with E-state index in [0.29, 0.717) is 21.4 Å². The highest BCUT2D eigenvalue weighted by molar-refractivity contribution is 7.80. The van der Waals surface area contributed by atoms with Crippen LogP contribution >= 0.6 is 35.4 Å². The Hall–Kier alpha value is -1.43. The molecule has 1 aromatic carbocycles. The van der Waals surface area contributed by atoms with Crippen LogP contribution in [0.1, 0.15) is 5.56 Å². The Morgan fingerprint density at radius 3 is 2.78 bits per heavy atom.